The average molecular weight is 398 g/mol. The molecule has 5 heteroatoms. The van der Waals surface area contributed by atoms with Crippen molar-refractivity contribution in [1.29, 1.82) is 0 Å². The van der Waals surface area contributed by atoms with Crippen LogP contribution in [0.4, 0.5) is 0 Å². The predicted octanol–water partition coefficient (Wildman–Crippen LogP) is 4.49. The molecule has 0 aliphatic carbocycles. The molecule has 1 amide bonds. The maximum Gasteiger partial charge on any atom is 0.253 e. The van der Waals surface area contributed by atoms with E-state index in [1.807, 2.05) is 63.2 Å². The number of nitrogens with zero attached hydrogens (tertiary/aromatic N) is 2. The van der Waals surface area contributed by atoms with Crippen molar-refractivity contribution < 1.29 is 4.79 Å². The number of aryl methyl sites for hydroxylation is 2. The van der Waals surface area contributed by atoms with Gasteiger partial charge in [0.05, 0.1) is 5.56 Å². The smallest absolute Gasteiger partial charge is 0.253 e. The molecule has 1 aromatic carbocycles. The highest BCUT2D eigenvalue weighted by molar-refractivity contribution is 9.10. The molecule has 128 valence electrons. The Morgan fingerprint density at radius 2 is 1.96 bits per heavy atom. The Kier molecular flexibility index (Phi) is 5.04. The van der Waals surface area contributed by atoms with Crippen molar-refractivity contribution in [2.45, 2.75) is 27.3 Å². The number of carbonyl (C=O) groups excluding carboxylic acids is 1. The van der Waals surface area contributed by atoms with Gasteiger partial charge in [0.25, 0.3) is 5.91 Å². The minimum Gasteiger partial charge on any atom is -0.348 e. The fourth-order valence-electron chi connectivity index (χ4n) is 2.89. The summed E-state index contributed by atoms with van der Waals surface area (Å²) in [5, 5.41) is 2.98. The molecule has 0 spiro atoms. The van der Waals surface area contributed by atoms with Crippen molar-refractivity contribution in [1.82, 2.24) is 14.9 Å². The molecule has 0 aliphatic heterocycles. The molecule has 0 atom stereocenters. The van der Waals surface area contributed by atoms with Gasteiger partial charge in [-0.25, -0.2) is 0 Å². The summed E-state index contributed by atoms with van der Waals surface area (Å²) in [7, 11) is 0. The molecule has 3 rings (SSSR count). The Hall–Kier alpha value is -2.40. The molecule has 0 unspecified atom stereocenters. The van der Waals surface area contributed by atoms with E-state index in [-0.39, 0.29) is 5.91 Å². The van der Waals surface area contributed by atoms with E-state index in [1.165, 1.54) is 0 Å². The highest BCUT2D eigenvalue weighted by atomic mass is 79.9. The molecule has 25 heavy (non-hydrogen) atoms. The van der Waals surface area contributed by atoms with Gasteiger partial charge in [-0.15, -0.1) is 0 Å². The minimum atomic E-state index is -0.0741. The number of benzene rings is 1. The molecule has 1 N–H and O–H groups in total. The number of nitrogens with one attached hydrogen (secondary N) is 1. The van der Waals surface area contributed by atoms with Crippen LogP contribution in [0.3, 0.4) is 0 Å². The molecule has 0 radical (unpaired) electrons. The third kappa shape index (κ3) is 3.82. The van der Waals surface area contributed by atoms with Crippen LogP contribution >= 0.6 is 15.9 Å². The fraction of sp³-hybridized carbons (Fsp3) is 0.200. The van der Waals surface area contributed by atoms with Crippen molar-refractivity contribution in [2.75, 3.05) is 0 Å². The molecule has 0 bridgehead atoms. The van der Waals surface area contributed by atoms with Gasteiger partial charge in [-0.2, -0.15) is 0 Å². The largest absolute Gasteiger partial charge is 0.348 e. The highest BCUT2D eigenvalue weighted by Gasteiger charge is 2.16. The Labute approximate surface area is 156 Å². The normalized spacial score (nSPS) is 10.7. The van der Waals surface area contributed by atoms with Crippen molar-refractivity contribution in [3.05, 3.63) is 81.3 Å². The van der Waals surface area contributed by atoms with Crippen LogP contribution in [-0.4, -0.2) is 15.5 Å². The third-order valence-corrected chi connectivity index (χ3v) is 4.66. The average Bonchev–Trinajstić information content (AvgIpc) is 2.88. The number of rotatable bonds is 4. The quantitative estimate of drug-likeness (QED) is 0.704. The standard InChI is InChI=1S/C20H20BrN3O/c1-13-7-8-16(11-22-13)12-23-20(25)19-9-14(2)24(15(19)3)18-6-4-5-17(21)10-18/h4-11H,12H2,1-3H3,(H,23,25). The van der Waals surface area contributed by atoms with E-state index in [0.717, 1.165) is 32.8 Å². The van der Waals surface area contributed by atoms with Gasteiger partial charge in [-0.3, -0.25) is 9.78 Å². The highest BCUT2D eigenvalue weighted by Crippen LogP contribution is 2.23. The first-order valence-electron chi connectivity index (χ1n) is 8.10. The van der Waals surface area contributed by atoms with Gasteiger partial charge in [0.1, 0.15) is 0 Å². The van der Waals surface area contributed by atoms with Crippen LogP contribution < -0.4 is 5.32 Å². The first-order chi connectivity index (χ1) is 12.0. The van der Waals surface area contributed by atoms with Crippen LogP contribution in [0.1, 0.15) is 33.0 Å². The van der Waals surface area contributed by atoms with E-state index < -0.39 is 0 Å². The van der Waals surface area contributed by atoms with E-state index in [4.69, 9.17) is 0 Å². The second kappa shape index (κ2) is 7.23. The van der Waals surface area contributed by atoms with Gasteiger partial charge in [0.15, 0.2) is 0 Å². The van der Waals surface area contributed by atoms with Gasteiger partial charge >= 0.3 is 0 Å². The Bertz CT molecular complexity index is 913. The van der Waals surface area contributed by atoms with Crippen molar-refractivity contribution in [3.8, 4) is 5.69 Å². The number of hydrogen-bond acceptors (Lipinski definition) is 2. The van der Waals surface area contributed by atoms with Crippen LogP contribution in [0.2, 0.25) is 0 Å². The lowest BCUT2D eigenvalue weighted by atomic mass is 10.2. The molecule has 0 aliphatic rings. The summed E-state index contributed by atoms with van der Waals surface area (Å²) in [5.74, 6) is -0.0741. The molecule has 0 saturated heterocycles. The Morgan fingerprint density at radius 3 is 2.64 bits per heavy atom. The topological polar surface area (TPSA) is 46.9 Å². The van der Waals surface area contributed by atoms with Crippen LogP contribution in [0.25, 0.3) is 5.69 Å². The number of carbonyl (C=O) groups is 1. The summed E-state index contributed by atoms with van der Waals surface area (Å²) in [6.07, 6.45) is 1.79. The van der Waals surface area contributed by atoms with Gasteiger partial charge in [-0.05, 0) is 56.7 Å². The van der Waals surface area contributed by atoms with E-state index in [2.05, 4.69) is 30.8 Å². The predicted molar refractivity (Wildman–Crippen MR) is 103 cm³/mol. The van der Waals surface area contributed by atoms with Gasteiger partial charge in [-0.1, -0.05) is 28.1 Å². The van der Waals surface area contributed by atoms with Crippen LogP contribution in [0.15, 0.2) is 53.1 Å². The van der Waals surface area contributed by atoms with Gasteiger partial charge in [0.2, 0.25) is 0 Å². The van der Waals surface area contributed by atoms with Crippen LogP contribution in [0.5, 0.6) is 0 Å². The summed E-state index contributed by atoms with van der Waals surface area (Å²) in [6.45, 7) is 6.39. The van der Waals surface area contributed by atoms with Crippen LogP contribution in [0, 0.1) is 20.8 Å². The molecule has 3 aromatic rings. The molecular formula is C20H20BrN3O. The Balaban J connectivity index is 1.82. The number of halogens is 1. The lowest BCUT2D eigenvalue weighted by Gasteiger charge is -2.10. The van der Waals surface area contributed by atoms with Crippen molar-refractivity contribution in [3.63, 3.8) is 0 Å². The first-order valence-corrected chi connectivity index (χ1v) is 8.89. The first kappa shape index (κ1) is 17.4. The summed E-state index contributed by atoms with van der Waals surface area (Å²) in [6, 6.07) is 13.9. The zero-order valence-electron chi connectivity index (χ0n) is 14.5. The Morgan fingerprint density at radius 1 is 1.16 bits per heavy atom. The van der Waals surface area contributed by atoms with E-state index in [9.17, 15) is 4.79 Å². The van der Waals surface area contributed by atoms with Gasteiger partial charge in [0, 0.05) is 40.0 Å². The monoisotopic (exact) mass is 397 g/mol. The molecule has 4 nitrogen and oxygen atoms in total. The van der Waals surface area contributed by atoms with E-state index >= 15 is 0 Å². The molecule has 2 aromatic heterocycles. The number of pyridine rings is 1. The minimum absolute atomic E-state index is 0.0741. The summed E-state index contributed by atoms with van der Waals surface area (Å²) in [5.41, 5.74) is 5.63. The third-order valence-electron chi connectivity index (χ3n) is 4.17. The summed E-state index contributed by atoms with van der Waals surface area (Å²) < 4.78 is 3.10. The molecule has 2 heterocycles. The van der Waals surface area contributed by atoms with Crippen molar-refractivity contribution >= 4 is 21.8 Å². The molecular weight excluding hydrogens is 378 g/mol. The lowest BCUT2D eigenvalue weighted by Crippen LogP contribution is -2.23. The second-order valence-corrected chi connectivity index (χ2v) is 7.01. The maximum atomic E-state index is 12.6. The summed E-state index contributed by atoms with van der Waals surface area (Å²) in [4.78, 5) is 16.9. The van der Waals surface area contributed by atoms with E-state index in [1.54, 1.807) is 6.20 Å². The molecule has 0 fully saturated rings. The van der Waals surface area contributed by atoms with E-state index in [0.29, 0.717) is 12.1 Å². The second-order valence-electron chi connectivity index (χ2n) is 6.09. The summed E-state index contributed by atoms with van der Waals surface area (Å²) >= 11 is 3.50. The lowest BCUT2D eigenvalue weighted by molar-refractivity contribution is 0.0950. The zero-order chi connectivity index (χ0) is 18.0. The SMILES string of the molecule is Cc1ccc(CNC(=O)c2cc(C)n(-c3cccc(Br)c3)c2C)cn1. The maximum absolute atomic E-state index is 12.6. The number of amides is 1. The zero-order valence-corrected chi connectivity index (χ0v) is 16.1. The van der Waals surface area contributed by atoms with Crippen molar-refractivity contribution in [2.24, 2.45) is 0 Å². The van der Waals surface area contributed by atoms with Gasteiger partial charge < -0.3 is 9.88 Å². The molecule has 0 saturated carbocycles. The number of aromatic nitrogens is 2. The van der Waals surface area contributed by atoms with Crippen LogP contribution in [-0.2, 0) is 6.54 Å². The fourth-order valence-corrected chi connectivity index (χ4v) is 3.27. The number of hydrogen-bond donors (Lipinski definition) is 1.